The number of rotatable bonds is 5. The summed E-state index contributed by atoms with van der Waals surface area (Å²) in [6.07, 6.45) is 5.91. The molecule has 3 heteroatoms. The summed E-state index contributed by atoms with van der Waals surface area (Å²) in [4.78, 5) is 3.99. The Kier molecular flexibility index (Phi) is 4.11. The number of nitrogens with one attached hydrogen (secondary N) is 1. The Morgan fingerprint density at radius 3 is 3.00 bits per heavy atom. The summed E-state index contributed by atoms with van der Waals surface area (Å²) in [5, 5.41) is 3.34. The minimum Gasteiger partial charge on any atom is -0.381 e. The molecule has 0 bridgehead atoms. The third-order valence-corrected chi connectivity index (χ3v) is 2.80. The third-order valence-electron chi connectivity index (χ3n) is 2.80. The van der Waals surface area contributed by atoms with E-state index in [1.165, 1.54) is 12.0 Å². The fourth-order valence-electron chi connectivity index (χ4n) is 1.85. The lowest BCUT2D eigenvalue weighted by Crippen LogP contribution is -2.14. The highest BCUT2D eigenvalue weighted by atomic mass is 16.5. The number of aromatic nitrogens is 1. The van der Waals surface area contributed by atoms with Crippen LogP contribution in [0.25, 0.3) is 0 Å². The van der Waals surface area contributed by atoms with Gasteiger partial charge in [-0.25, -0.2) is 0 Å². The van der Waals surface area contributed by atoms with Gasteiger partial charge < -0.3 is 10.1 Å². The molecule has 82 valence electrons. The van der Waals surface area contributed by atoms with Crippen LogP contribution < -0.4 is 5.32 Å². The molecule has 1 aromatic rings. The van der Waals surface area contributed by atoms with Gasteiger partial charge in [-0.2, -0.15) is 0 Å². The first-order valence-corrected chi connectivity index (χ1v) is 5.62. The molecule has 1 aromatic heterocycles. The van der Waals surface area contributed by atoms with Crippen LogP contribution in [0.15, 0.2) is 24.5 Å². The topological polar surface area (TPSA) is 34.1 Å². The van der Waals surface area contributed by atoms with Crippen molar-refractivity contribution < 1.29 is 4.74 Å². The van der Waals surface area contributed by atoms with Crippen LogP contribution in [-0.4, -0.2) is 31.3 Å². The maximum atomic E-state index is 5.66. The number of nitrogens with zero attached hydrogens (tertiary/aromatic N) is 1. The first-order chi connectivity index (χ1) is 7.45. The molecule has 0 aliphatic carbocycles. The number of hydrogen-bond acceptors (Lipinski definition) is 3. The predicted molar refractivity (Wildman–Crippen MR) is 59.7 cm³/mol. The van der Waals surface area contributed by atoms with Gasteiger partial charge in [-0.1, -0.05) is 0 Å². The maximum absolute atomic E-state index is 5.66. The fraction of sp³-hybridized carbons (Fsp3) is 0.583. The van der Waals surface area contributed by atoms with Crippen molar-refractivity contribution in [1.82, 2.24) is 10.3 Å². The van der Waals surface area contributed by atoms with Crippen molar-refractivity contribution in [2.45, 2.75) is 12.8 Å². The van der Waals surface area contributed by atoms with Crippen molar-refractivity contribution in [3.05, 3.63) is 30.1 Å². The van der Waals surface area contributed by atoms with Gasteiger partial charge in [0.25, 0.3) is 0 Å². The van der Waals surface area contributed by atoms with Crippen molar-refractivity contribution in [2.75, 3.05) is 26.3 Å². The van der Waals surface area contributed by atoms with Crippen LogP contribution in [0.4, 0.5) is 0 Å². The van der Waals surface area contributed by atoms with E-state index in [2.05, 4.69) is 10.3 Å². The Morgan fingerprint density at radius 2 is 2.27 bits per heavy atom. The second-order valence-corrected chi connectivity index (χ2v) is 4.04. The minimum atomic E-state index is 0.724. The maximum Gasteiger partial charge on any atom is 0.0507 e. The Bertz CT molecular complexity index is 270. The van der Waals surface area contributed by atoms with Crippen molar-refractivity contribution in [2.24, 2.45) is 5.92 Å². The smallest absolute Gasteiger partial charge is 0.0507 e. The van der Waals surface area contributed by atoms with E-state index in [1.54, 1.807) is 0 Å². The molecule has 0 aromatic carbocycles. The molecule has 1 saturated heterocycles. The van der Waals surface area contributed by atoms with E-state index >= 15 is 0 Å². The molecule has 1 fully saturated rings. The van der Waals surface area contributed by atoms with E-state index < -0.39 is 0 Å². The van der Waals surface area contributed by atoms with Gasteiger partial charge in [-0.05, 0) is 43.0 Å². The normalized spacial score (nSPS) is 20.7. The molecule has 0 saturated carbocycles. The Morgan fingerprint density at radius 1 is 1.40 bits per heavy atom. The van der Waals surface area contributed by atoms with Crippen molar-refractivity contribution in [3.63, 3.8) is 0 Å². The molecule has 0 spiro atoms. The summed E-state index contributed by atoms with van der Waals surface area (Å²) < 4.78 is 5.66. The minimum absolute atomic E-state index is 0.724. The number of pyridine rings is 1. The van der Waals surface area contributed by atoms with Gasteiger partial charge in [0.1, 0.15) is 0 Å². The zero-order chi connectivity index (χ0) is 10.3. The quantitative estimate of drug-likeness (QED) is 0.736. The highest BCUT2D eigenvalue weighted by Gasteiger charge is 2.13. The van der Waals surface area contributed by atoms with E-state index in [0.29, 0.717) is 0 Å². The van der Waals surface area contributed by atoms with Crippen molar-refractivity contribution in [1.29, 1.82) is 0 Å². The lowest BCUT2D eigenvalue weighted by atomic mass is 10.1. The molecule has 3 nitrogen and oxygen atoms in total. The molecule has 0 amide bonds. The van der Waals surface area contributed by atoms with E-state index in [0.717, 1.165) is 38.6 Å². The first-order valence-electron chi connectivity index (χ1n) is 5.62. The monoisotopic (exact) mass is 206 g/mol. The molecule has 1 N–H and O–H groups in total. The molecule has 2 heterocycles. The fourth-order valence-corrected chi connectivity index (χ4v) is 1.85. The lowest BCUT2D eigenvalue weighted by molar-refractivity contribution is 0.108. The van der Waals surface area contributed by atoms with Gasteiger partial charge >= 0.3 is 0 Å². The highest BCUT2D eigenvalue weighted by molar-refractivity contribution is 5.09. The first kappa shape index (κ1) is 10.6. The Labute approximate surface area is 90.9 Å². The molecule has 1 atom stereocenters. The van der Waals surface area contributed by atoms with Gasteiger partial charge in [0, 0.05) is 18.9 Å². The van der Waals surface area contributed by atoms with Gasteiger partial charge in [0.15, 0.2) is 0 Å². The molecular weight excluding hydrogens is 188 g/mol. The van der Waals surface area contributed by atoms with Gasteiger partial charge in [-0.3, -0.25) is 4.98 Å². The number of hydrogen-bond donors (Lipinski definition) is 1. The van der Waals surface area contributed by atoms with Crippen LogP contribution in [0.5, 0.6) is 0 Å². The van der Waals surface area contributed by atoms with E-state index in [-0.39, 0.29) is 0 Å². The largest absolute Gasteiger partial charge is 0.381 e. The Hall–Kier alpha value is -0.930. The average molecular weight is 206 g/mol. The van der Waals surface area contributed by atoms with Gasteiger partial charge in [-0.15, -0.1) is 0 Å². The summed E-state index contributed by atoms with van der Waals surface area (Å²) in [5.74, 6) is 0.724. The third kappa shape index (κ3) is 3.61. The van der Waals surface area contributed by atoms with Crippen LogP contribution in [0.2, 0.25) is 0 Å². The van der Waals surface area contributed by atoms with Crippen LogP contribution in [0.1, 0.15) is 12.0 Å². The predicted octanol–water partition coefficient (Wildman–Crippen LogP) is 1.25. The molecule has 0 radical (unpaired) electrons. The molecule has 1 aliphatic heterocycles. The zero-order valence-electron chi connectivity index (χ0n) is 8.98. The summed E-state index contributed by atoms with van der Waals surface area (Å²) in [5.41, 5.74) is 1.30. The van der Waals surface area contributed by atoms with E-state index in [9.17, 15) is 0 Å². The SMILES string of the molecule is c1cc(CCOCC2CCNC2)ccn1. The summed E-state index contributed by atoms with van der Waals surface area (Å²) in [6, 6.07) is 4.08. The average Bonchev–Trinajstić information content (AvgIpc) is 2.79. The molecular formula is C12H18N2O. The highest BCUT2D eigenvalue weighted by Crippen LogP contribution is 2.07. The van der Waals surface area contributed by atoms with Crippen LogP contribution in [0.3, 0.4) is 0 Å². The van der Waals surface area contributed by atoms with Crippen molar-refractivity contribution >= 4 is 0 Å². The summed E-state index contributed by atoms with van der Waals surface area (Å²) in [6.45, 7) is 3.99. The molecule has 2 rings (SSSR count). The van der Waals surface area contributed by atoms with Crippen LogP contribution >= 0.6 is 0 Å². The van der Waals surface area contributed by atoms with Crippen molar-refractivity contribution in [3.8, 4) is 0 Å². The molecule has 1 aliphatic rings. The summed E-state index contributed by atoms with van der Waals surface area (Å²) in [7, 11) is 0. The van der Waals surface area contributed by atoms with Crippen LogP contribution in [-0.2, 0) is 11.2 Å². The molecule has 15 heavy (non-hydrogen) atoms. The summed E-state index contributed by atoms with van der Waals surface area (Å²) >= 11 is 0. The second kappa shape index (κ2) is 5.83. The van der Waals surface area contributed by atoms with E-state index in [1.807, 2.05) is 24.5 Å². The second-order valence-electron chi connectivity index (χ2n) is 4.04. The molecule has 1 unspecified atom stereocenters. The number of ether oxygens (including phenoxy) is 1. The zero-order valence-corrected chi connectivity index (χ0v) is 8.98. The van der Waals surface area contributed by atoms with E-state index in [4.69, 9.17) is 4.74 Å². The van der Waals surface area contributed by atoms with Crippen LogP contribution in [0, 0.1) is 5.92 Å². The van der Waals surface area contributed by atoms with Gasteiger partial charge in [0.05, 0.1) is 13.2 Å². The van der Waals surface area contributed by atoms with Gasteiger partial charge in [0.2, 0.25) is 0 Å². The lowest BCUT2D eigenvalue weighted by Gasteiger charge is -2.08. The standard InChI is InChI=1S/C12H18N2O/c1-5-13-6-2-11(1)4-8-15-10-12-3-7-14-9-12/h1-2,5-6,12,14H,3-4,7-10H2. The Balaban J connectivity index is 1.59.